The third kappa shape index (κ3) is 4.94. The van der Waals surface area contributed by atoms with Crippen LogP contribution >= 0.6 is 0 Å². The van der Waals surface area contributed by atoms with E-state index < -0.39 is 0 Å². The van der Waals surface area contributed by atoms with Gasteiger partial charge in [0.2, 0.25) is 5.91 Å². The Morgan fingerprint density at radius 2 is 2.14 bits per heavy atom. The molecule has 0 spiro atoms. The Balaban J connectivity index is 1.67. The molecule has 2 unspecified atom stereocenters. The second-order valence-electron chi connectivity index (χ2n) is 6.39. The number of carbonyl (C=O) groups is 1. The van der Waals surface area contributed by atoms with E-state index in [2.05, 4.69) is 15.5 Å². The van der Waals surface area contributed by atoms with Gasteiger partial charge in [0.15, 0.2) is 0 Å². The van der Waals surface area contributed by atoms with Gasteiger partial charge >= 0.3 is 0 Å². The molecule has 2 rings (SSSR count). The van der Waals surface area contributed by atoms with Gasteiger partial charge in [0, 0.05) is 26.3 Å². The second-order valence-corrected chi connectivity index (χ2v) is 6.39. The molecule has 0 aromatic heterocycles. The first-order valence-electron chi connectivity index (χ1n) is 8.46. The molecule has 2 heterocycles. The van der Waals surface area contributed by atoms with E-state index in [-0.39, 0.29) is 11.9 Å². The van der Waals surface area contributed by atoms with Gasteiger partial charge in [0.05, 0.1) is 6.04 Å². The molecule has 5 nitrogen and oxygen atoms in total. The summed E-state index contributed by atoms with van der Waals surface area (Å²) in [7, 11) is 1.69. The molecule has 0 aromatic carbocycles. The Labute approximate surface area is 128 Å². The highest BCUT2D eigenvalue weighted by Crippen LogP contribution is 2.26. The van der Waals surface area contributed by atoms with Crippen LogP contribution in [0.4, 0.5) is 0 Å². The molecule has 2 aliphatic heterocycles. The van der Waals surface area contributed by atoms with Crippen LogP contribution in [0.1, 0.15) is 39.0 Å². The second kappa shape index (κ2) is 8.71. The molecule has 2 aliphatic rings. The molecule has 0 aliphatic carbocycles. The Kier molecular flexibility index (Phi) is 6.93. The average molecular weight is 297 g/mol. The lowest BCUT2D eigenvalue weighted by Crippen LogP contribution is -2.50. The molecule has 2 saturated heterocycles. The molecule has 122 valence electrons. The van der Waals surface area contributed by atoms with Crippen LogP contribution in [0.2, 0.25) is 0 Å². The van der Waals surface area contributed by atoms with E-state index >= 15 is 0 Å². The molecule has 2 N–H and O–H groups in total. The summed E-state index contributed by atoms with van der Waals surface area (Å²) in [6.45, 7) is 6.73. The predicted octanol–water partition coefficient (Wildman–Crippen LogP) is 0.992. The summed E-state index contributed by atoms with van der Waals surface area (Å²) in [4.78, 5) is 14.5. The Morgan fingerprint density at radius 3 is 2.76 bits per heavy atom. The van der Waals surface area contributed by atoms with Crippen molar-refractivity contribution in [1.82, 2.24) is 15.5 Å². The minimum Gasteiger partial charge on any atom is -0.385 e. The maximum absolute atomic E-state index is 12.1. The van der Waals surface area contributed by atoms with Gasteiger partial charge in [-0.15, -0.1) is 0 Å². The smallest absolute Gasteiger partial charge is 0.237 e. The van der Waals surface area contributed by atoms with Gasteiger partial charge in [0.25, 0.3) is 0 Å². The number of piperidine rings is 1. The van der Waals surface area contributed by atoms with Crippen molar-refractivity contribution >= 4 is 5.91 Å². The van der Waals surface area contributed by atoms with Gasteiger partial charge in [-0.05, 0) is 64.6 Å². The number of amides is 1. The van der Waals surface area contributed by atoms with Crippen LogP contribution in [0.25, 0.3) is 0 Å². The van der Waals surface area contributed by atoms with Crippen molar-refractivity contribution in [3.05, 3.63) is 0 Å². The molecule has 0 aromatic rings. The zero-order valence-corrected chi connectivity index (χ0v) is 13.6. The predicted molar refractivity (Wildman–Crippen MR) is 84.3 cm³/mol. The van der Waals surface area contributed by atoms with Gasteiger partial charge in [-0.3, -0.25) is 9.69 Å². The fourth-order valence-electron chi connectivity index (χ4n) is 3.56. The van der Waals surface area contributed by atoms with E-state index in [1.165, 1.54) is 32.2 Å². The third-order valence-corrected chi connectivity index (χ3v) is 4.99. The number of rotatable bonds is 7. The number of nitrogens with one attached hydrogen (secondary N) is 2. The summed E-state index contributed by atoms with van der Waals surface area (Å²) in [5.41, 5.74) is 0. The first kappa shape index (κ1) is 16.7. The van der Waals surface area contributed by atoms with Gasteiger partial charge in [0.1, 0.15) is 0 Å². The van der Waals surface area contributed by atoms with E-state index in [9.17, 15) is 4.79 Å². The summed E-state index contributed by atoms with van der Waals surface area (Å²) < 4.78 is 4.99. The van der Waals surface area contributed by atoms with E-state index in [4.69, 9.17) is 4.74 Å². The SMILES string of the molecule is COCCCNC(=O)C(C)N1CCC(C2CCCN2)CC1. The largest absolute Gasteiger partial charge is 0.385 e. The van der Waals surface area contributed by atoms with E-state index in [0.29, 0.717) is 13.2 Å². The molecular weight excluding hydrogens is 266 g/mol. The lowest BCUT2D eigenvalue weighted by Gasteiger charge is -2.37. The highest BCUT2D eigenvalue weighted by Gasteiger charge is 2.31. The number of nitrogens with zero attached hydrogens (tertiary/aromatic N) is 1. The minimum atomic E-state index is -0.00923. The van der Waals surface area contributed by atoms with Gasteiger partial charge in [-0.1, -0.05) is 0 Å². The van der Waals surface area contributed by atoms with Crippen LogP contribution in [0.5, 0.6) is 0 Å². The summed E-state index contributed by atoms with van der Waals surface area (Å²) in [5.74, 6) is 0.962. The molecule has 0 radical (unpaired) electrons. The molecule has 1 amide bonds. The molecule has 21 heavy (non-hydrogen) atoms. The number of methoxy groups -OCH3 is 1. The lowest BCUT2D eigenvalue weighted by molar-refractivity contribution is -0.126. The van der Waals surface area contributed by atoms with Crippen molar-refractivity contribution in [3.63, 3.8) is 0 Å². The van der Waals surface area contributed by atoms with Crippen molar-refractivity contribution < 1.29 is 9.53 Å². The van der Waals surface area contributed by atoms with Crippen LogP contribution in [-0.4, -0.2) is 62.8 Å². The first-order valence-corrected chi connectivity index (χ1v) is 8.46. The summed E-state index contributed by atoms with van der Waals surface area (Å²) in [6.07, 6.45) is 5.98. The third-order valence-electron chi connectivity index (χ3n) is 4.99. The van der Waals surface area contributed by atoms with Crippen molar-refractivity contribution in [1.29, 1.82) is 0 Å². The number of likely N-dealkylation sites (tertiary alicyclic amines) is 1. The van der Waals surface area contributed by atoms with Crippen molar-refractivity contribution in [2.75, 3.05) is 39.9 Å². The minimum absolute atomic E-state index is 0.00923. The van der Waals surface area contributed by atoms with Crippen molar-refractivity contribution in [2.24, 2.45) is 5.92 Å². The molecule has 0 bridgehead atoms. The average Bonchev–Trinajstić information content (AvgIpc) is 3.05. The van der Waals surface area contributed by atoms with E-state index in [1.807, 2.05) is 6.92 Å². The number of hydrogen-bond donors (Lipinski definition) is 2. The fourth-order valence-corrected chi connectivity index (χ4v) is 3.56. The van der Waals surface area contributed by atoms with Crippen molar-refractivity contribution in [3.8, 4) is 0 Å². The van der Waals surface area contributed by atoms with Crippen molar-refractivity contribution in [2.45, 2.75) is 51.1 Å². The first-order chi connectivity index (χ1) is 10.2. The van der Waals surface area contributed by atoms with Crippen LogP contribution in [0.3, 0.4) is 0 Å². The molecule has 2 fully saturated rings. The molecule has 5 heteroatoms. The summed E-state index contributed by atoms with van der Waals surface area (Å²) >= 11 is 0. The normalized spacial score (nSPS) is 25.9. The van der Waals surface area contributed by atoms with E-state index in [0.717, 1.165) is 31.5 Å². The number of carbonyl (C=O) groups excluding carboxylic acids is 1. The standard InChI is InChI=1S/C16H31N3O2/c1-13(16(20)18-9-4-12-21-2)19-10-6-14(7-11-19)15-5-3-8-17-15/h13-15,17H,3-12H2,1-2H3,(H,18,20). The van der Waals surface area contributed by atoms with Gasteiger partial charge in [-0.2, -0.15) is 0 Å². The Bertz CT molecular complexity index is 311. The maximum Gasteiger partial charge on any atom is 0.237 e. The van der Waals surface area contributed by atoms with Gasteiger partial charge < -0.3 is 15.4 Å². The molecule has 0 saturated carbocycles. The summed E-state index contributed by atoms with van der Waals surface area (Å²) in [5, 5.41) is 6.63. The fraction of sp³-hybridized carbons (Fsp3) is 0.938. The zero-order valence-electron chi connectivity index (χ0n) is 13.6. The number of ether oxygens (including phenoxy) is 1. The summed E-state index contributed by atoms with van der Waals surface area (Å²) in [6, 6.07) is 0.718. The van der Waals surface area contributed by atoms with Crippen LogP contribution in [0.15, 0.2) is 0 Å². The maximum atomic E-state index is 12.1. The Hall–Kier alpha value is -0.650. The lowest BCUT2D eigenvalue weighted by atomic mass is 9.88. The zero-order chi connectivity index (χ0) is 15.1. The van der Waals surface area contributed by atoms with Crippen LogP contribution < -0.4 is 10.6 Å². The quantitative estimate of drug-likeness (QED) is 0.688. The monoisotopic (exact) mass is 297 g/mol. The topological polar surface area (TPSA) is 53.6 Å². The Morgan fingerprint density at radius 1 is 1.38 bits per heavy atom. The number of hydrogen-bond acceptors (Lipinski definition) is 4. The van der Waals surface area contributed by atoms with Crippen LogP contribution in [-0.2, 0) is 9.53 Å². The molecular formula is C16H31N3O2. The highest BCUT2D eigenvalue weighted by atomic mass is 16.5. The van der Waals surface area contributed by atoms with Crippen LogP contribution in [0, 0.1) is 5.92 Å². The van der Waals surface area contributed by atoms with Gasteiger partial charge in [-0.25, -0.2) is 0 Å². The van der Waals surface area contributed by atoms with E-state index in [1.54, 1.807) is 7.11 Å². The highest BCUT2D eigenvalue weighted by molar-refractivity contribution is 5.81. The molecule has 2 atom stereocenters.